The van der Waals surface area contributed by atoms with Crippen LogP contribution in [0, 0.1) is 16.4 Å². The molecular formula is C17H24IN3O2. The number of nitrogens with one attached hydrogen (secondary N) is 2. The second-order valence-electron chi connectivity index (χ2n) is 6.34. The number of nitrogens with zero attached hydrogens (tertiary/aromatic N) is 1. The van der Waals surface area contributed by atoms with Crippen molar-refractivity contribution in [2.75, 3.05) is 18.4 Å². The molecule has 2 N–H and O–H groups in total. The molecule has 126 valence electrons. The molecule has 0 aromatic heterocycles. The van der Waals surface area contributed by atoms with Gasteiger partial charge in [0.2, 0.25) is 5.91 Å². The first-order valence-corrected chi connectivity index (χ1v) is 9.07. The van der Waals surface area contributed by atoms with E-state index < -0.39 is 0 Å². The van der Waals surface area contributed by atoms with E-state index >= 15 is 0 Å². The monoisotopic (exact) mass is 429 g/mol. The average molecular weight is 429 g/mol. The number of carbonyl (C=O) groups excluding carboxylic acids is 2. The maximum Gasteiger partial charge on any atom is 0.317 e. The number of hydrogen-bond acceptors (Lipinski definition) is 2. The minimum Gasteiger partial charge on any atom is -0.336 e. The van der Waals surface area contributed by atoms with Crippen LogP contribution in [0.25, 0.3) is 0 Å². The van der Waals surface area contributed by atoms with E-state index in [0.717, 1.165) is 27.7 Å². The number of carbonyl (C=O) groups is 2. The third kappa shape index (κ3) is 5.09. The molecule has 0 aliphatic carbocycles. The Kier molecular flexibility index (Phi) is 6.26. The van der Waals surface area contributed by atoms with Crippen LogP contribution in [0.15, 0.2) is 18.2 Å². The van der Waals surface area contributed by atoms with Crippen molar-refractivity contribution in [1.29, 1.82) is 0 Å². The normalized spacial score (nSPS) is 18.0. The second-order valence-corrected chi connectivity index (χ2v) is 7.58. The van der Waals surface area contributed by atoms with Gasteiger partial charge in [0.1, 0.15) is 0 Å². The number of likely N-dealkylation sites (tertiary alicyclic amines) is 1. The molecular weight excluding hydrogens is 405 g/mol. The Morgan fingerprint density at radius 1 is 1.35 bits per heavy atom. The highest BCUT2D eigenvalue weighted by Gasteiger charge is 2.28. The molecule has 5 nitrogen and oxygen atoms in total. The number of benzene rings is 1. The minimum absolute atomic E-state index is 0.00337. The third-order valence-electron chi connectivity index (χ3n) is 3.94. The van der Waals surface area contributed by atoms with Crippen LogP contribution in [0.1, 0.15) is 32.3 Å². The number of rotatable bonds is 3. The van der Waals surface area contributed by atoms with Gasteiger partial charge in [-0.15, -0.1) is 0 Å². The van der Waals surface area contributed by atoms with Crippen LogP contribution in [0.2, 0.25) is 0 Å². The number of halogens is 1. The van der Waals surface area contributed by atoms with E-state index in [1.807, 2.05) is 39.0 Å². The van der Waals surface area contributed by atoms with Gasteiger partial charge in [0.15, 0.2) is 0 Å². The van der Waals surface area contributed by atoms with Gasteiger partial charge in [-0.05, 0) is 80.0 Å². The standard InChI is InChI=1S/C17H24IN3O2/c1-11(2)19-17(23)21-8-4-5-13(10-21)16(22)20-15-7-6-14(18)9-12(15)3/h6-7,9,11,13H,4-5,8,10H2,1-3H3,(H,19,23)(H,20,22)/t13-/m0/s1. The number of hydrogen-bond donors (Lipinski definition) is 2. The van der Waals surface area contributed by atoms with Crippen molar-refractivity contribution in [3.63, 3.8) is 0 Å². The number of amides is 3. The Labute approximate surface area is 151 Å². The molecule has 1 aromatic carbocycles. The number of anilines is 1. The van der Waals surface area contributed by atoms with Crippen molar-refractivity contribution in [2.45, 2.75) is 39.7 Å². The molecule has 1 fully saturated rings. The Bertz CT molecular complexity index is 589. The van der Waals surface area contributed by atoms with Gasteiger partial charge in [0, 0.05) is 28.4 Å². The van der Waals surface area contributed by atoms with E-state index in [1.165, 1.54) is 0 Å². The van der Waals surface area contributed by atoms with Crippen molar-refractivity contribution >= 4 is 40.2 Å². The number of piperidine rings is 1. The summed E-state index contributed by atoms with van der Waals surface area (Å²) < 4.78 is 1.15. The fraction of sp³-hybridized carbons (Fsp3) is 0.529. The molecule has 1 aliphatic rings. The predicted octanol–water partition coefficient (Wildman–Crippen LogP) is 3.37. The van der Waals surface area contributed by atoms with Crippen LogP contribution in [-0.4, -0.2) is 36.0 Å². The summed E-state index contributed by atoms with van der Waals surface area (Å²) in [5.41, 5.74) is 1.90. The van der Waals surface area contributed by atoms with Crippen LogP contribution >= 0.6 is 22.6 Å². The quantitative estimate of drug-likeness (QED) is 0.724. The molecule has 1 atom stereocenters. The first-order chi connectivity index (χ1) is 10.9. The summed E-state index contributed by atoms with van der Waals surface area (Å²) in [6, 6.07) is 5.97. The van der Waals surface area contributed by atoms with Crippen LogP contribution in [-0.2, 0) is 4.79 Å². The summed E-state index contributed by atoms with van der Waals surface area (Å²) in [7, 11) is 0. The number of urea groups is 1. The Morgan fingerprint density at radius 3 is 2.74 bits per heavy atom. The molecule has 1 aromatic rings. The van der Waals surface area contributed by atoms with E-state index in [2.05, 4.69) is 33.2 Å². The highest BCUT2D eigenvalue weighted by Crippen LogP contribution is 2.22. The summed E-state index contributed by atoms with van der Waals surface area (Å²) in [5.74, 6) is -0.156. The van der Waals surface area contributed by atoms with Gasteiger partial charge in [-0.2, -0.15) is 0 Å². The van der Waals surface area contributed by atoms with Crippen LogP contribution in [0.4, 0.5) is 10.5 Å². The van der Waals surface area contributed by atoms with Crippen LogP contribution in [0.5, 0.6) is 0 Å². The topological polar surface area (TPSA) is 61.4 Å². The molecule has 1 saturated heterocycles. The van der Waals surface area contributed by atoms with Crippen molar-refractivity contribution in [3.8, 4) is 0 Å². The average Bonchev–Trinajstić information content (AvgIpc) is 2.49. The summed E-state index contributed by atoms with van der Waals surface area (Å²) >= 11 is 2.25. The lowest BCUT2D eigenvalue weighted by molar-refractivity contribution is -0.121. The predicted molar refractivity (Wildman–Crippen MR) is 100 cm³/mol. The number of aryl methyl sites for hydroxylation is 1. The Morgan fingerprint density at radius 2 is 2.09 bits per heavy atom. The zero-order valence-corrected chi connectivity index (χ0v) is 16.0. The zero-order chi connectivity index (χ0) is 17.0. The van der Waals surface area contributed by atoms with Crippen molar-refractivity contribution in [1.82, 2.24) is 10.2 Å². The zero-order valence-electron chi connectivity index (χ0n) is 13.9. The summed E-state index contributed by atoms with van der Waals surface area (Å²) in [6.45, 7) is 7.05. The second kappa shape index (κ2) is 7.99. The molecule has 0 saturated carbocycles. The van der Waals surface area contributed by atoms with Crippen LogP contribution in [0.3, 0.4) is 0 Å². The summed E-state index contributed by atoms with van der Waals surface area (Å²) in [6.07, 6.45) is 1.68. The highest BCUT2D eigenvalue weighted by atomic mass is 127. The lowest BCUT2D eigenvalue weighted by atomic mass is 9.97. The molecule has 3 amide bonds. The maximum atomic E-state index is 12.5. The summed E-state index contributed by atoms with van der Waals surface area (Å²) in [5, 5.41) is 5.90. The summed E-state index contributed by atoms with van der Waals surface area (Å²) in [4.78, 5) is 26.4. The highest BCUT2D eigenvalue weighted by molar-refractivity contribution is 14.1. The van der Waals surface area contributed by atoms with Gasteiger partial charge in [-0.3, -0.25) is 4.79 Å². The molecule has 2 rings (SSSR count). The fourth-order valence-corrected chi connectivity index (χ4v) is 3.36. The smallest absolute Gasteiger partial charge is 0.317 e. The lowest BCUT2D eigenvalue weighted by Crippen LogP contribution is -2.49. The van der Waals surface area contributed by atoms with Gasteiger partial charge < -0.3 is 15.5 Å². The first kappa shape index (κ1) is 18.0. The van der Waals surface area contributed by atoms with E-state index in [-0.39, 0.29) is 23.9 Å². The fourth-order valence-electron chi connectivity index (χ4n) is 2.72. The van der Waals surface area contributed by atoms with E-state index in [0.29, 0.717) is 13.1 Å². The Balaban J connectivity index is 1.97. The van der Waals surface area contributed by atoms with Gasteiger partial charge in [0.05, 0.1) is 5.92 Å². The minimum atomic E-state index is -0.152. The van der Waals surface area contributed by atoms with Crippen molar-refractivity contribution < 1.29 is 9.59 Å². The van der Waals surface area contributed by atoms with Crippen molar-refractivity contribution in [3.05, 3.63) is 27.3 Å². The molecule has 1 aliphatic heterocycles. The van der Waals surface area contributed by atoms with Gasteiger partial charge in [-0.1, -0.05) is 0 Å². The van der Waals surface area contributed by atoms with E-state index in [1.54, 1.807) is 4.90 Å². The third-order valence-corrected chi connectivity index (χ3v) is 4.61. The molecule has 1 heterocycles. The molecule has 6 heteroatoms. The van der Waals surface area contributed by atoms with E-state index in [9.17, 15) is 9.59 Å². The molecule has 0 bridgehead atoms. The van der Waals surface area contributed by atoms with Gasteiger partial charge in [0.25, 0.3) is 0 Å². The van der Waals surface area contributed by atoms with Crippen LogP contribution < -0.4 is 10.6 Å². The largest absolute Gasteiger partial charge is 0.336 e. The first-order valence-electron chi connectivity index (χ1n) is 7.99. The SMILES string of the molecule is Cc1cc(I)ccc1NC(=O)[C@H]1CCCN(C(=O)NC(C)C)C1. The van der Waals surface area contributed by atoms with E-state index in [4.69, 9.17) is 0 Å². The Hall–Kier alpha value is -1.31. The molecule has 0 spiro atoms. The lowest BCUT2D eigenvalue weighted by Gasteiger charge is -2.32. The maximum absolute atomic E-state index is 12.5. The molecule has 23 heavy (non-hydrogen) atoms. The van der Waals surface area contributed by atoms with Crippen molar-refractivity contribution in [2.24, 2.45) is 5.92 Å². The molecule has 0 unspecified atom stereocenters. The molecule has 0 radical (unpaired) electrons. The van der Waals surface area contributed by atoms with Gasteiger partial charge in [-0.25, -0.2) is 4.79 Å². The van der Waals surface area contributed by atoms with Gasteiger partial charge >= 0.3 is 6.03 Å².